The Morgan fingerprint density at radius 3 is 2.50 bits per heavy atom. The smallest absolute Gasteiger partial charge is 0.278 e. The van der Waals surface area contributed by atoms with Crippen LogP contribution in [0, 0.1) is 18.7 Å². The predicted molar refractivity (Wildman–Crippen MR) is 96.2 cm³/mol. The molecule has 130 valence electrons. The van der Waals surface area contributed by atoms with Crippen LogP contribution in [0.5, 0.6) is 0 Å². The number of halogens is 1. The number of nitrogens with two attached hydrogens (primary N) is 1. The monoisotopic (exact) mass is 349 g/mol. The summed E-state index contributed by atoms with van der Waals surface area (Å²) in [6.45, 7) is 8.86. The topological polar surface area (TPSA) is 36.9 Å². The number of hydrogen-bond donors (Lipinski definition) is 1. The van der Waals surface area contributed by atoms with Crippen molar-refractivity contribution in [2.45, 2.75) is 33.9 Å². The molecule has 0 saturated heterocycles. The van der Waals surface area contributed by atoms with E-state index in [-0.39, 0.29) is 11.7 Å². The fourth-order valence-corrected chi connectivity index (χ4v) is 3.37. The molecule has 0 saturated carbocycles. The number of benzene rings is 1. The summed E-state index contributed by atoms with van der Waals surface area (Å²) in [6.07, 6.45) is 0. The SMILES string of the molecule is Cc1ccsc1CN(Cc1ccc(F)cc1)C(=O)C[NH2+]CC(C)C. The first kappa shape index (κ1) is 18.6. The Labute approximate surface area is 147 Å². The molecule has 1 amide bonds. The van der Waals surface area contributed by atoms with Crippen LogP contribution in [-0.2, 0) is 17.9 Å². The average Bonchev–Trinajstić information content (AvgIpc) is 2.93. The van der Waals surface area contributed by atoms with Crippen LogP contribution in [-0.4, -0.2) is 23.9 Å². The van der Waals surface area contributed by atoms with Gasteiger partial charge in [-0.2, -0.15) is 0 Å². The maximum absolute atomic E-state index is 13.1. The number of aryl methyl sites for hydroxylation is 1. The summed E-state index contributed by atoms with van der Waals surface area (Å²) in [5, 5.41) is 4.11. The first-order valence-corrected chi connectivity index (χ1v) is 9.20. The summed E-state index contributed by atoms with van der Waals surface area (Å²) < 4.78 is 13.1. The van der Waals surface area contributed by atoms with Crippen LogP contribution < -0.4 is 5.32 Å². The molecule has 1 aromatic carbocycles. The minimum Gasteiger partial charge on any atom is -0.338 e. The number of amides is 1. The van der Waals surface area contributed by atoms with E-state index in [0.29, 0.717) is 25.6 Å². The zero-order valence-corrected chi connectivity index (χ0v) is 15.4. The highest BCUT2D eigenvalue weighted by Gasteiger charge is 2.18. The molecule has 0 aliphatic heterocycles. The van der Waals surface area contributed by atoms with Gasteiger partial charge in [0, 0.05) is 17.3 Å². The molecular formula is C19H26FN2OS+. The molecule has 3 nitrogen and oxygen atoms in total. The highest BCUT2D eigenvalue weighted by atomic mass is 32.1. The van der Waals surface area contributed by atoms with Crippen molar-refractivity contribution in [3.63, 3.8) is 0 Å². The normalized spacial score (nSPS) is 11.0. The molecule has 0 atom stereocenters. The second-order valence-corrected chi connectivity index (χ2v) is 7.53. The van der Waals surface area contributed by atoms with Gasteiger partial charge < -0.3 is 10.2 Å². The van der Waals surface area contributed by atoms with Gasteiger partial charge in [0.1, 0.15) is 5.82 Å². The maximum atomic E-state index is 13.1. The van der Waals surface area contributed by atoms with Gasteiger partial charge in [0.15, 0.2) is 6.54 Å². The van der Waals surface area contributed by atoms with E-state index in [1.807, 2.05) is 4.90 Å². The number of hydrogen-bond acceptors (Lipinski definition) is 2. The molecule has 0 radical (unpaired) electrons. The Morgan fingerprint density at radius 2 is 1.92 bits per heavy atom. The van der Waals surface area contributed by atoms with Gasteiger partial charge in [0.2, 0.25) is 0 Å². The van der Waals surface area contributed by atoms with E-state index < -0.39 is 0 Å². The molecule has 2 rings (SSSR count). The number of rotatable bonds is 8. The van der Waals surface area contributed by atoms with Crippen LogP contribution in [0.2, 0.25) is 0 Å². The van der Waals surface area contributed by atoms with E-state index >= 15 is 0 Å². The van der Waals surface area contributed by atoms with Crippen molar-refractivity contribution in [3.05, 3.63) is 57.5 Å². The van der Waals surface area contributed by atoms with Crippen molar-refractivity contribution in [2.24, 2.45) is 5.92 Å². The maximum Gasteiger partial charge on any atom is 0.278 e. The van der Waals surface area contributed by atoms with Crippen molar-refractivity contribution in [2.75, 3.05) is 13.1 Å². The van der Waals surface area contributed by atoms with Crippen molar-refractivity contribution in [1.82, 2.24) is 4.90 Å². The van der Waals surface area contributed by atoms with Crippen molar-refractivity contribution in [3.8, 4) is 0 Å². The number of carbonyl (C=O) groups is 1. The first-order valence-electron chi connectivity index (χ1n) is 8.32. The highest BCUT2D eigenvalue weighted by Crippen LogP contribution is 2.19. The zero-order valence-electron chi connectivity index (χ0n) is 14.6. The molecule has 0 aliphatic rings. The highest BCUT2D eigenvalue weighted by molar-refractivity contribution is 7.10. The van der Waals surface area contributed by atoms with Gasteiger partial charge in [-0.1, -0.05) is 26.0 Å². The summed E-state index contributed by atoms with van der Waals surface area (Å²) in [4.78, 5) is 15.7. The Morgan fingerprint density at radius 1 is 1.21 bits per heavy atom. The van der Waals surface area contributed by atoms with Crippen LogP contribution in [0.25, 0.3) is 0 Å². The van der Waals surface area contributed by atoms with E-state index in [1.165, 1.54) is 22.6 Å². The Bertz CT molecular complexity index is 652. The quantitative estimate of drug-likeness (QED) is 0.782. The Kier molecular flexibility index (Phi) is 6.94. The van der Waals surface area contributed by atoms with Crippen LogP contribution in [0.1, 0.15) is 29.9 Å². The molecular weight excluding hydrogens is 323 g/mol. The van der Waals surface area contributed by atoms with Crippen molar-refractivity contribution >= 4 is 17.2 Å². The van der Waals surface area contributed by atoms with E-state index in [1.54, 1.807) is 23.5 Å². The molecule has 5 heteroatoms. The molecule has 0 fully saturated rings. The van der Waals surface area contributed by atoms with Crippen LogP contribution in [0.4, 0.5) is 4.39 Å². The summed E-state index contributed by atoms with van der Waals surface area (Å²) >= 11 is 1.67. The minimum atomic E-state index is -0.254. The number of thiophene rings is 1. The fourth-order valence-electron chi connectivity index (χ4n) is 2.45. The Balaban J connectivity index is 2.06. The fraction of sp³-hybridized carbons (Fsp3) is 0.421. The molecule has 2 N–H and O–H groups in total. The second-order valence-electron chi connectivity index (χ2n) is 6.53. The van der Waals surface area contributed by atoms with Crippen LogP contribution >= 0.6 is 11.3 Å². The predicted octanol–water partition coefficient (Wildman–Crippen LogP) is 2.94. The zero-order chi connectivity index (χ0) is 17.5. The molecule has 0 aliphatic carbocycles. The average molecular weight is 349 g/mol. The van der Waals surface area contributed by atoms with Crippen molar-refractivity contribution < 1.29 is 14.5 Å². The molecule has 24 heavy (non-hydrogen) atoms. The number of nitrogens with zero attached hydrogens (tertiary/aromatic N) is 1. The lowest BCUT2D eigenvalue weighted by atomic mass is 10.2. The molecule has 1 aromatic heterocycles. The lowest BCUT2D eigenvalue weighted by Crippen LogP contribution is -2.87. The standard InChI is InChI=1S/C19H25FN2OS/c1-14(2)10-21-11-19(23)22(13-18-15(3)8-9-24-18)12-16-4-6-17(20)7-5-16/h4-9,14,21H,10-13H2,1-3H3/p+1. The summed E-state index contributed by atoms with van der Waals surface area (Å²) in [7, 11) is 0. The van der Waals surface area contributed by atoms with Gasteiger partial charge in [-0.15, -0.1) is 11.3 Å². The molecule has 1 heterocycles. The lowest BCUT2D eigenvalue weighted by Gasteiger charge is -2.22. The summed E-state index contributed by atoms with van der Waals surface area (Å²) in [6, 6.07) is 8.45. The minimum absolute atomic E-state index is 0.118. The molecule has 2 aromatic rings. The van der Waals surface area contributed by atoms with Crippen LogP contribution in [0.15, 0.2) is 35.7 Å². The van der Waals surface area contributed by atoms with E-state index in [2.05, 4.69) is 37.5 Å². The summed E-state index contributed by atoms with van der Waals surface area (Å²) in [5.41, 5.74) is 2.16. The van der Waals surface area contributed by atoms with Gasteiger partial charge in [-0.05, 0) is 41.6 Å². The number of quaternary nitrogens is 1. The van der Waals surface area contributed by atoms with Gasteiger partial charge in [-0.3, -0.25) is 4.79 Å². The third-order valence-corrected chi connectivity index (χ3v) is 4.91. The Hall–Kier alpha value is -1.72. The third kappa shape index (κ3) is 5.73. The summed E-state index contributed by atoms with van der Waals surface area (Å²) in [5.74, 6) is 0.423. The molecule has 0 unspecified atom stereocenters. The molecule has 0 bridgehead atoms. The third-order valence-electron chi connectivity index (χ3n) is 3.90. The van der Waals surface area contributed by atoms with Gasteiger partial charge in [0.05, 0.1) is 13.1 Å². The lowest BCUT2D eigenvalue weighted by molar-refractivity contribution is -0.649. The van der Waals surface area contributed by atoms with E-state index in [4.69, 9.17) is 0 Å². The van der Waals surface area contributed by atoms with E-state index in [9.17, 15) is 9.18 Å². The van der Waals surface area contributed by atoms with Gasteiger partial charge in [-0.25, -0.2) is 4.39 Å². The first-order chi connectivity index (χ1) is 11.5. The largest absolute Gasteiger partial charge is 0.338 e. The molecule has 0 spiro atoms. The van der Waals surface area contributed by atoms with Gasteiger partial charge in [0.25, 0.3) is 5.91 Å². The van der Waals surface area contributed by atoms with Gasteiger partial charge >= 0.3 is 0 Å². The second kappa shape index (κ2) is 8.94. The van der Waals surface area contributed by atoms with E-state index in [0.717, 1.165) is 12.1 Å². The van der Waals surface area contributed by atoms with Crippen molar-refractivity contribution in [1.29, 1.82) is 0 Å². The number of carbonyl (C=O) groups excluding carboxylic acids is 1. The van der Waals surface area contributed by atoms with Crippen LogP contribution in [0.3, 0.4) is 0 Å².